The fourth-order valence-electron chi connectivity index (χ4n) is 2.09. The lowest BCUT2D eigenvalue weighted by atomic mass is 9.88. The average molecular weight is 220 g/mol. The van der Waals surface area contributed by atoms with Crippen LogP contribution in [0.2, 0.25) is 0 Å². The van der Waals surface area contributed by atoms with Crippen molar-refractivity contribution in [2.75, 3.05) is 20.3 Å². The second kappa shape index (κ2) is 3.22. The minimum absolute atomic E-state index is 0.100. The molecule has 2 aliphatic heterocycles. The molecule has 1 saturated heterocycles. The first-order valence-electron chi connectivity index (χ1n) is 5.20. The molecule has 2 aliphatic rings. The number of rotatable bonds is 1. The van der Waals surface area contributed by atoms with Crippen molar-refractivity contribution < 1.29 is 19.0 Å². The third-order valence-corrected chi connectivity index (χ3v) is 3.03. The number of ether oxygens (including phenoxy) is 3. The van der Waals surface area contributed by atoms with Gasteiger partial charge in [0.25, 0.3) is 0 Å². The average Bonchev–Trinajstić information content (AvgIpc) is 2.26. The number of methoxy groups -OCH3 is 1. The molecule has 0 amide bonds. The van der Waals surface area contributed by atoms with Crippen molar-refractivity contribution in [2.24, 2.45) is 0 Å². The van der Waals surface area contributed by atoms with Crippen LogP contribution < -0.4 is 9.47 Å². The van der Waals surface area contributed by atoms with Crippen LogP contribution in [0.25, 0.3) is 0 Å². The Balaban J connectivity index is 2.00. The summed E-state index contributed by atoms with van der Waals surface area (Å²) >= 11 is 0. The summed E-state index contributed by atoms with van der Waals surface area (Å²) in [7, 11) is 1.58. The van der Waals surface area contributed by atoms with Crippen molar-refractivity contribution in [3.05, 3.63) is 23.8 Å². The standard InChI is InChI=1S/C12H12O4/c1-14-8-2-3-11-9(4-8)10(13)5-12(16-11)6-15-7-12/h2-4H,5-7H2,1H3. The van der Waals surface area contributed by atoms with Crippen LogP contribution in [-0.4, -0.2) is 31.7 Å². The largest absolute Gasteiger partial charge is 0.497 e. The SMILES string of the molecule is COc1ccc2c(c1)C(=O)CC1(COC1)O2. The lowest BCUT2D eigenvalue weighted by Gasteiger charge is -2.43. The molecule has 0 N–H and O–H groups in total. The van der Waals surface area contributed by atoms with Crippen molar-refractivity contribution in [1.82, 2.24) is 0 Å². The van der Waals surface area contributed by atoms with Gasteiger partial charge in [-0.05, 0) is 18.2 Å². The molecule has 3 rings (SSSR count). The molecule has 1 aromatic rings. The maximum absolute atomic E-state index is 12.0. The van der Waals surface area contributed by atoms with E-state index in [1.807, 2.05) is 0 Å². The number of benzene rings is 1. The summed E-state index contributed by atoms with van der Waals surface area (Å²) < 4.78 is 16.0. The van der Waals surface area contributed by atoms with Gasteiger partial charge in [-0.25, -0.2) is 0 Å². The highest BCUT2D eigenvalue weighted by atomic mass is 16.6. The number of hydrogen-bond donors (Lipinski definition) is 0. The van der Waals surface area contributed by atoms with Crippen LogP contribution in [0.5, 0.6) is 11.5 Å². The quantitative estimate of drug-likeness (QED) is 0.718. The molecule has 0 atom stereocenters. The number of hydrogen-bond acceptors (Lipinski definition) is 4. The topological polar surface area (TPSA) is 44.8 Å². The monoisotopic (exact) mass is 220 g/mol. The van der Waals surface area contributed by atoms with Gasteiger partial charge in [0.15, 0.2) is 11.4 Å². The third-order valence-electron chi connectivity index (χ3n) is 3.03. The Morgan fingerprint density at radius 1 is 1.38 bits per heavy atom. The highest BCUT2D eigenvalue weighted by Gasteiger charge is 2.46. The second-order valence-electron chi connectivity index (χ2n) is 4.24. The summed E-state index contributed by atoms with van der Waals surface area (Å²) in [5.74, 6) is 1.42. The molecule has 0 unspecified atom stereocenters. The molecular formula is C12H12O4. The minimum atomic E-state index is -0.404. The number of ketones is 1. The van der Waals surface area contributed by atoms with Crippen molar-refractivity contribution in [3.8, 4) is 11.5 Å². The van der Waals surface area contributed by atoms with E-state index in [0.717, 1.165) is 0 Å². The molecule has 1 spiro atoms. The maximum Gasteiger partial charge on any atom is 0.170 e. The first-order chi connectivity index (χ1) is 7.72. The van der Waals surface area contributed by atoms with Crippen LogP contribution in [0, 0.1) is 0 Å². The predicted octanol–water partition coefficient (Wildman–Crippen LogP) is 1.43. The highest BCUT2D eigenvalue weighted by molar-refractivity contribution is 6.00. The third kappa shape index (κ3) is 1.30. The molecule has 4 nitrogen and oxygen atoms in total. The normalized spacial score (nSPS) is 20.9. The molecule has 0 bridgehead atoms. The van der Waals surface area contributed by atoms with Crippen LogP contribution in [0.1, 0.15) is 16.8 Å². The highest BCUT2D eigenvalue weighted by Crippen LogP contribution is 2.38. The van der Waals surface area contributed by atoms with Gasteiger partial charge in [0.1, 0.15) is 11.5 Å². The Hall–Kier alpha value is -1.55. The Kier molecular flexibility index (Phi) is 1.94. The Labute approximate surface area is 93.1 Å². The van der Waals surface area contributed by atoms with Gasteiger partial charge < -0.3 is 14.2 Å². The fourth-order valence-corrected chi connectivity index (χ4v) is 2.09. The first-order valence-corrected chi connectivity index (χ1v) is 5.20. The molecule has 0 aromatic heterocycles. The molecule has 84 valence electrons. The Bertz CT molecular complexity index is 448. The fraction of sp³-hybridized carbons (Fsp3) is 0.417. The van der Waals surface area contributed by atoms with Gasteiger partial charge in [-0.2, -0.15) is 0 Å². The van der Waals surface area contributed by atoms with E-state index < -0.39 is 5.60 Å². The lowest BCUT2D eigenvalue weighted by molar-refractivity contribution is -0.162. The van der Waals surface area contributed by atoms with Crippen LogP contribution in [-0.2, 0) is 4.74 Å². The Morgan fingerprint density at radius 3 is 2.81 bits per heavy atom. The van der Waals surface area contributed by atoms with Gasteiger partial charge in [-0.3, -0.25) is 4.79 Å². The maximum atomic E-state index is 12.0. The van der Waals surface area contributed by atoms with E-state index >= 15 is 0 Å². The van der Waals surface area contributed by atoms with E-state index in [9.17, 15) is 4.79 Å². The van der Waals surface area contributed by atoms with Crippen LogP contribution in [0.15, 0.2) is 18.2 Å². The van der Waals surface area contributed by atoms with E-state index in [-0.39, 0.29) is 5.78 Å². The zero-order valence-electron chi connectivity index (χ0n) is 8.99. The number of fused-ring (bicyclic) bond motifs is 1. The molecule has 2 heterocycles. The smallest absolute Gasteiger partial charge is 0.170 e. The predicted molar refractivity (Wildman–Crippen MR) is 56.1 cm³/mol. The zero-order chi connectivity index (χ0) is 11.2. The molecule has 1 fully saturated rings. The van der Waals surface area contributed by atoms with Gasteiger partial charge in [0.2, 0.25) is 0 Å². The summed E-state index contributed by atoms with van der Waals surface area (Å²) in [5.41, 5.74) is 0.204. The Morgan fingerprint density at radius 2 is 2.19 bits per heavy atom. The molecule has 0 aliphatic carbocycles. The van der Waals surface area contributed by atoms with E-state index in [1.54, 1.807) is 25.3 Å². The van der Waals surface area contributed by atoms with Crippen molar-refractivity contribution >= 4 is 5.78 Å². The number of Topliss-reactive ketones (excluding diaryl/α,β-unsaturated/α-hetero) is 1. The zero-order valence-corrected chi connectivity index (χ0v) is 8.99. The summed E-state index contributed by atoms with van der Waals surface area (Å²) in [5, 5.41) is 0. The molecular weight excluding hydrogens is 208 g/mol. The van der Waals surface area contributed by atoms with Crippen molar-refractivity contribution in [1.29, 1.82) is 0 Å². The van der Waals surface area contributed by atoms with Crippen molar-refractivity contribution in [3.63, 3.8) is 0 Å². The summed E-state index contributed by atoms with van der Waals surface area (Å²) in [6.07, 6.45) is 0.396. The second-order valence-corrected chi connectivity index (χ2v) is 4.24. The number of carbonyl (C=O) groups excluding carboxylic acids is 1. The van der Waals surface area contributed by atoms with Crippen molar-refractivity contribution in [2.45, 2.75) is 12.0 Å². The van der Waals surface area contributed by atoms with Crippen LogP contribution >= 0.6 is 0 Å². The molecule has 0 saturated carbocycles. The van der Waals surface area contributed by atoms with Gasteiger partial charge in [-0.1, -0.05) is 0 Å². The van der Waals surface area contributed by atoms with Gasteiger partial charge >= 0.3 is 0 Å². The lowest BCUT2D eigenvalue weighted by Crippen LogP contribution is -2.57. The van der Waals surface area contributed by atoms with Crippen LogP contribution in [0.3, 0.4) is 0 Å². The molecule has 4 heteroatoms. The summed E-state index contributed by atoms with van der Waals surface area (Å²) in [4.78, 5) is 12.0. The van der Waals surface area contributed by atoms with E-state index in [1.165, 1.54) is 0 Å². The van der Waals surface area contributed by atoms with E-state index in [4.69, 9.17) is 14.2 Å². The molecule has 1 aromatic carbocycles. The number of carbonyl (C=O) groups is 1. The first kappa shape index (κ1) is 9.66. The summed E-state index contributed by atoms with van der Waals surface area (Å²) in [6, 6.07) is 5.31. The van der Waals surface area contributed by atoms with Crippen LogP contribution in [0.4, 0.5) is 0 Å². The van der Waals surface area contributed by atoms with Gasteiger partial charge in [-0.15, -0.1) is 0 Å². The molecule has 0 radical (unpaired) electrons. The minimum Gasteiger partial charge on any atom is -0.497 e. The molecule has 16 heavy (non-hydrogen) atoms. The van der Waals surface area contributed by atoms with Gasteiger partial charge in [0.05, 0.1) is 32.3 Å². The summed E-state index contributed by atoms with van der Waals surface area (Å²) in [6.45, 7) is 1.01. The van der Waals surface area contributed by atoms with E-state index in [0.29, 0.717) is 36.7 Å². The van der Waals surface area contributed by atoms with E-state index in [2.05, 4.69) is 0 Å². The van der Waals surface area contributed by atoms with Gasteiger partial charge in [0, 0.05) is 0 Å².